The van der Waals surface area contributed by atoms with Gasteiger partial charge in [0.05, 0.1) is 36.1 Å². The Balaban J connectivity index is 2.03. The van der Waals surface area contributed by atoms with Crippen LogP contribution in [0.3, 0.4) is 0 Å². The molecule has 2 aliphatic rings. The van der Waals surface area contributed by atoms with E-state index in [2.05, 4.69) is 13.0 Å². The highest BCUT2D eigenvalue weighted by molar-refractivity contribution is 5.01. The smallest absolute Gasteiger partial charge is 0.0969 e. The molecular formula is C14H23NO3. The lowest BCUT2D eigenvalue weighted by Crippen LogP contribution is -2.47. The summed E-state index contributed by atoms with van der Waals surface area (Å²) in [6, 6.07) is 2.18. The fourth-order valence-corrected chi connectivity index (χ4v) is 3.21. The van der Waals surface area contributed by atoms with E-state index < -0.39 is 6.10 Å². The van der Waals surface area contributed by atoms with Crippen LogP contribution in [0.15, 0.2) is 0 Å². The molecule has 18 heavy (non-hydrogen) atoms. The van der Waals surface area contributed by atoms with Gasteiger partial charge in [0.15, 0.2) is 0 Å². The highest BCUT2D eigenvalue weighted by Gasteiger charge is 2.52. The van der Waals surface area contributed by atoms with Crippen molar-refractivity contribution in [3.05, 3.63) is 0 Å². The summed E-state index contributed by atoms with van der Waals surface area (Å²) in [6.07, 6.45) is 4.72. The minimum atomic E-state index is -0.444. The van der Waals surface area contributed by atoms with Crippen LogP contribution in [-0.2, 0) is 9.47 Å². The van der Waals surface area contributed by atoms with Gasteiger partial charge in [-0.2, -0.15) is 5.26 Å². The molecule has 0 bridgehead atoms. The zero-order valence-corrected chi connectivity index (χ0v) is 11.3. The van der Waals surface area contributed by atoms with Crippen molar-refractivity contribution in [2.45, 2.75) is 82.4 Å². The SMILES string of the molecule is CC[C@]12C[C@H]([C@@H](C)O)O[C@H]1CC[C@H](CCC#N)O2. The first-order valence-corrected chi connectivity index (χ1v) is 6.99. The number of hydrogen-bond donors (Lipinski definition) is 1. The summed E-state index contributed by atoms with van der Waals surface area (Å²) in [5.74, 6) is 0. The molecule has 0 aliphatic carbocycles. The summed E-state index contributed by atoms with van der Waals surface area (Å²) >= 11 is 0. The van der Waals surface area contributed by atoms with Crippen molar-refractivity contribution >= 4 is 0 Å². The Bertz CT molecular complexity index is 325. The molecule has 5 atom stereocenters. The van der Waals surface area contributed by atoms with Gasteiger partial charge in [-0.3, -0.25) is 0 Å². The zero-order valence-electron chi connectivity index (χ0n) is 11.3. The molecule has 0 unspecified atom stereocenters. The van der Waals surface area contributed by atoms with Crippen LogP contribution < -0.4 is 0 Å². The van der Waals surface area contributed by atoms with Crippen molar-refractivity contribution < 1.29 is 14.6 Å². The van der Waals surface area contributed by atoms with Crippen molar-refractivity contribution in [3.63, 3.8) is 0 Å². The summed E-state index contributed by atoms with van der Waals surface area (Å²) in [6.45, 7) is 3.89. The molecule has 2 fully saturated rings. The van der Waals surface area contributed by atoms with Gasteiger partial charge in [-0.25, -0.2) is 0 Å². The van der Waals surface area contributed by atoms with Gasteiger partial charge in [-0.05, 0) is 32.6 Å². The van der Waals surface area contributed by atoms with Crippen LogP contribution in [0.2, 0.25) is 0 Å². The molecule has 0 saturated carbocycles. The lowest BCUT2D eigenvalue weighted by molar-refractivity contribution is -0.169. The highest BCUT2D eigenvalue weighted by Crippen LogP contribution is 2.45. The third-order valence-electron chi connectivity index (χ3n) is 4.34. The topological polar surface area (TPSA) is 62.5 Å². The molecule has 102 valence electrons. The van der Waals surface area contributed by atoms with E-state index in [1.807, 2.05) is 0 Å². The highest BCUT2D eigenvalue weighted by atomic mass is 16.6. The molecule has 0 amide bonds. The molecule has 0 spiro atoms. The Hall–Kier alpha value is -0.630. The van der Waals surface area contributed by atoms with E-state index in [-0.39, 0.29) is 23.9 Å². The molecule has 2 saturated heterocycles. The number of fused-ring (bicyclic) bond motifs is 1. The van der Waals surface area contributed by atoms with Crippen molar-refractivity contribution in [1.29, 1.82) is 5.26 Å². The first-order chi connectivity index (χ1) is 8.61. The van der Waals surface area contributed by atoms with Crippen LogP contribution in [0.5, 0.6) is 0 Å². The minimum Gasteiger partial charge on any atom is -0.391 e. The Morgan fingerprint density at radius 2 is 2.28 bits per heavy atom. The average Bonchev–Trinajstić information content (AvgIpc) is 2.75. The van der Waals surface area contributed by atoms with Gasteiger partial charge < -0.3 is 14.6 Å². The lowest BCUT2D eigenvalue weighted by atomic mass is 9.83. The lowest BCUT2D eigenvalue weighted by Gasteiger charge is -2.41. The van der Waals surface area contributed by atoms with Gasteiger partial charge >= 0.3 is 0 Å². The molecule has 0 aromatic rings. The van der Waals surface area contributed by atoms with E-state index >= 15 is 0 Å². The van der Waals surface area contributed by atoms with Crippen LogP contribution in [0.25, 0.3) is 0 Å². The van der Waals surface area contributed by atoms with E-state index in [9.17, 15) is 5.11 Å². The summed E-state index contributed by atoms with van der Waals surface area (Å²) in [4.78, 5) is 0. The number of aliphatic hydroxyl groups is 1. The molecule has 4 nitrogen and oxygen atoms in total. The predicted octanol–water partition coefficient (Wildman–Crippen LogP) is 2.16. The molecule has 0 aromatic heterocycles. The first-order valence-electron chi connectivity index (χ1n) is 6.99. The van der Waals surface area contributed by atoms with E-state index in [1.165, 1.54) is 0 Å². The number of rotatable bonds is 4. The molecule has 0 aromatic carbocycles. The van der Waals surface area contributed by atoms with Gasteiger partial charge in [-0.1, -0.05) is 6.92 Å². The molecule has 2 aliphatic heterocycles. The normalized spacial score (nSPS) is 41.1. The first kappa shape index (κ1) is 13.8. The molecule has 2 rings (SSSR count). The maximum Gasteiger partial charge on any atom is 0.0969 e. The number of hydrogen-bond acceptors (Lipinski definition) is 4. The fraction of sp³-hybridized carbons (Fsp3) is 0.929. The van der Waals surface area contributed by atoms with E-state index in [0.29, 0.717) is 6.42 Å². The third kappa shape index (κ3) is 2.54. The summed E-state index contributed by atoms with van der Waals surface area (Å²) < 4.78 is 12.2. The Labute approximate surface area is 109 Å². The predicted molar refractivity (Wildman–Crippen MR) is 66.9 cm³/mol. The van der Waals surface area contributed by atoms with E-state index in [1.54, 1.807) is 6.92 Å². The number of ether oxygens (including phenoxy) is 2. The Morgan fingerprint density at radius 1 is 1.50 bits per heavy atom. The van der Waals surface area contributed by atoms with Crippen LogP contribution in [0, 0.1) is 11.3 Å². The second-order valence-electron chi connectivity index (χ2n) is 5.54. The van der Waals surface area contributed by atoms with Crippen LogP contribution in [-0.4, -0.2) is 35.1 Å². The van der Waals surface area contributed by atoms with Crippen molar-refractivity contribution in [3.8, 4) is 6.07 Å². The Morgan fingerprint density at radius 3 is 2.89 bits per heavy atom. The maximum atomic E-state index is 9.69. The van der Waals surface area contributed by atoms with E-state index in [0.717, 1.165) is 32.1 Å². The second-order valence-corrected chi connectivity index (χ2v) is 5.54. The summed E-state index contributed by atoms with van der Waals surface area (Å²) in [7, 11) is 0. The monoisotopic (exact) mass is 253 g/mol. The fourth-order valence-electron chi connectivity index (χ4n) is 3.21. The van der Waals surface area contributed by atoms with Crippen LogP contribution in [0.4, 0.5) is 0 Å². The van der Waals surface area contributed by atoms with E-state index in [4.69, 9.17) is 14.7 Å². The van der Waals surface area contributed by atoms with Crippen LogP contribution in [0.1, 0.15) is 52.4 Å². The summed E-state index contributed by atoms with van der Waals surface area (Å²) in [5, 5.41) is 18.4. The largest absolute Gasteiger partial charge is 0.391 e. The average molecular weight is 253 g/mol. The van der Waals surface area contributed by atoms with Gasteiger partial charge in [0, 0.05) is 12.8 Å². The second kappa shape index (κ2) is 5.56. The molecule has 4 heteroatoms. The quantitative estimate of drug-likeness (QED) is 0.834. The Kier molecular flexibility index (Phi) is 4.26. The molecule has 1 N–H and O–H groups in total. The number of aliphatic hydroxyl groups excluding tert-OH is 1. The number of nitriles is 1. The van der Waals surface area contributed by atoms with Gasteiger partial charge in [0.2, 0.25) is 0 Å². The van der Waals surface area contributed by atoms with Gasteiger partial charge in [-0.15, -0.1) is 0 Å². The molecule has 2 heterocycles. The standard InChI is InChI=1S/C14H23NO3/c1-3-14-9-12(10(2)16)17-13(14)7-6-11(18-14)5-4-8-15/h10-13,16H,3-7,9H2,1-2H3/t10-,11+,12-,13+,14+/m1/s1. The zero-order chi connectivity index (χ0) is 13.2. The number of nitrogens with zero attached hydrogens (tertiary/aromatic N) is 1. The third-order valence-corrected chi connectivity index (χ3v) is 4.34. The van der Waals surface area contributed by atoms with Crippen molar-refractivity contribution in [2.24, 2.45) is 0 Å². The van der Waals surface area contributed by atoms with Crippen molar-refractivity contribution in [2.75, 3.05) is 0 Å². The van der Waals surface area contributed by atoms with Crippen molar-refractivity contribution in [1.82, 2.24) is 0 Å². The molecule has 0 radical (unpaired) electrons. The van der Waals surface area contributed by atoms with Gasteiger partial charge in [0.1, 0.15) is 0 Å². The minimum absolute atomic E-state index is 0.107. The summed E-state index contributed by atoms with van der Waals surface area (Å²) in [5.41, 5.74) is -0.236. The van der Waals surface area contributed by atoms with Crippen LogP contribution >= 0.6 is 0 Å². The van der Waals surface area contributed by atoms with Gasteiger partial charge in [0.25, 0.3) is 0 Å². The molecular weight excluding hydrogens is 230 g/mol. The maximum absolute atomic E-state index is 9.69.